The van der Waals surface area contributed by atoms with E-state index in [0.29, 0.717) is 48.1 Å². The number of aromatic nitrogens is 2. The van der Waals surface area contributed by atoms with E-state index in [-0.39, 0.29) is 74.6 Å². The third-order valence-electron chi connectivity index (χ3n) is 12.0. The van der Waals surface area contributed by atoms with Crippen LogP contribution in [-0.4, -0.2) is 135 Å². The number of thiocarbonyl (C=S) groups is 1. The fourth-order valence-electron chi connectivity index (χ4n) is 8.92. The van der Waals surface area contributed by atoms with Crippen LogP contribution in [0.5, 0.6) is 0 Å². The molecule has 0 radical (unpaired) electrons. The van der Waals surface area contributed by atoms with E-state index in [4.69, 9.17) is 17.0 Å². The minimum absolute atomic E-state index is 0.0252. The lowest BCUT2D eigenvalue weighted by Gasteiger charge is -2.42. The van der Waals surface area contributed by atoms with E-state index in [1.807, 2.05) is 0 Å². The topological polar surface area (TPSA) is 163 Å². The normalized spacial score (nSPS) is 24.1. The smallest absolute Gasteiger partial charge is 0.377 e. The molecule has 4 aliphatic rings. The quantitative estimate of drug-likeness (QED) is 0.196. The maximum Gasteiger partial charge on any atom is 0.417 e. The van der Waals surface area contributed by atoms with Crippen LogP contribution in [0.2, 0.25) is 0 Å². The molecule has 4 heterocycles. The van der Waals surface area contributed by atoms with E-state index >= 15 is 0 Å². The summed E-state index contributed by atoms with van der Waals surface area (Å²) in [5, 5.41) is 29.9. The van der Waals surface area contributed by atoms with Gasteiger partial charge in [-0.05, 0) is 82.1 Å². The second-order valence-corrected chi connectivity index (χ2v) is 16.8. The van der Waals surface area contributed by atoms with Crippen LogP contribution in [0.15, 0.2) is 36.4 Å². The zero-order valence-electron chi connectivity index (χ0n) is 34.1. The summed E-state index contributed by atoms with van der Waals surface area (Å²) in [7, 11) is 1.63. The van der Waals surface area contributed by atoms with E-state index in [1.54, 1.807) is 48.9 Å². The van der Waals surface area contributed by atoms with Crippen LogP contribution in [0.4, 0.5) is 43.5 Å². The van der Waals surface area contributed by atoms with Gasteiger partial charge in [0, 0.05) is 57.6 Å². The molecule has 2 aromatic carbocycles. The number of carbonyl (C=O) groups excluding carboxylic acids is 3. The Labute approximate surface area is 358 Å². The third-order valence-corrected chi connectivity index (χ3v) is 12.4. The molecule has 0 bridgehead atoms. The molecular weight excluding hydrogens is 847 g/mol. The first-order valence-corrected chi connectivity index (χ1v) is 20.5. The number of anilines is 3. The van der Waals surface area contributed by atoms with Crippen molar-refractivity contribution in [3.63, 3.8) is 0 Å². The molecule has 3 saturated heterocycles. The number of para-hydroxylation sites is 1. The van der Waals surface area contributed by atoms with Crippen molar-refractivity contribution < 1.29 is 50.6 Å². The number of nitriles is 1. The number of hydrogen-bond acceptors (Lipinski definition) is 11. The van der Waals surface area contributed by atoms with Gasteiger partial charge in [0.05, 0.1) is 53.3 Å². The highest BCUT2D eigenvalue weighted by Crippen LogP contribution is 2.41. The van der Waals surface area contributed by atoms with Crippen molar-refractivity contribution in [3.8, 4) is 6.07 Å². The molecule has 0 spiro atoms. The van der Waals surface area contributed by atoms with Crippen LogP contribution in [-0.2, 0) is 32.3 Å². The van der Waals surface area contributed by atoms with Crippen molar-refractivity contribution >= 4 is 63.1 Å². The first kappa shape index (κ1) is 45.0. The van der Waals surface area contributed by atoms with E-state index in [0.717, 1.165) is 21.9 Å². The van der Waals surface area contributed by atoms with Crippen LogP contribution < -0.4 is 20.4 Å². The lowest BCUT2D eigenvalue weighted by atomic mass is 9.89. The minimum atomic E-state index is -4.82. The summed E-state index contributed by atoms with van der Waals surface area (Å²) in [5.41, 5.74) is -2.18. The molecule has 334 valence electrons. The second kappa shape index (κ2) is 17.2. The third kappa shape index (κ3) is 8.90. The summed E-state index contributed by atoms with van der Waals surface area (Å²) >= 11 is 5.69. The SMILES string of the molecule is Cn1nc(N2CCC(=O)NC2O)c2cccc(NC(=O)CN3CCN(CCO[C@H]4CC[C@H](N5C(=S)N(c6ccc(C#N)c(C(F)(F)F)c6)C(=O)C5(C)C)CC4)C[C@@H]3C(F)(F)F)c21. The Morgan fingerprint density at radius 2 is 1.81 bits per heavy atom. The molecule has 3 aliphatic heterocycles. The number of hydrogen-bond donors (Lipinski definition) is 3. The maximum absolute atomic E-state index is 14.5. The Bertz CT molecular complexity index is 2270. The number of alkyl halides is 6. The average Bonchev–Trinajstić information content (AvgIpc) is 3.63. The zero-order chi connectivity index (χ0) is 44.9. The number of piperazine rings is 1. The summed E-state index contributed by atoms with van der Waals surface area (Å²) in [5.74, 6) is -1.09. The van der Waals surface area contributed by atoms with E-state index < -0.39 is 59.8 Å². The first-order valence-electron chi connectivity index (χ1n) is 20.1. The van der Waals surface area contributed by atoms with Crippen LogP contribution in [0, 0.1) is 11.3 Å². The molecule has 62 heavy (non-hydrogen) atoms. The molecule has 1 aromatic heterocycles. The van der Waals surface area contributed by atoms with E-state index in [9.17, 15) is 51.1 Å². The van der Waals surface area contributed by atoms with Gasteiger partial charge in [0.25, 0.3) is 5.91 Å². The van der Waals surface area contributed by atoms with Gasteiger partial charge < -0.3 is 30.3 Å². The van der Waals surface area contributed by atoms with Gasteiger partial charge in [-0.25, -0.2) is 0 Å². The van der Waals surface area contributed by atoms with Gasteiger partial charge in [0.1, 0.15) is 11.6 Å². The summed E-state index contributed by atoms with van der Waals surface area (Å²) < 4.78 is 92.2. The number of aryl methyl sites for hydroxylation is 1. The fourth-order valence-corrected chi connectivity index (χ4v) is 9.48. The largest absolute Gasteiger partial charge is 0.417 e. The van der Waals surface area contributed by atoms with Gasteiger partial charge >= 0.3 is 12.4 Å². The molecule has 3 amide bonds. The number of nitrogens with zero attached hydrogens (tertiary/aromatic N) is 8. The number of nitrogens with one attached hydrogen (secondary N) is 2. The number of rotatable bonds is 10. The number of ether oxygens (including phenoxy) is 1. The van der Waals surface area contributed by atoms with Crippen molar-refractivity contribution in [3.05, 3.63) is 47.5 Å². The molecule has 15 nitrogen and oxygen atoms in total. The predicted octanol–water partition coefficient (Wildman–Crippen LogP) is 4.29. The number of fused-ring (bicyclic) bond motifs is 1. The Kier molecular flexibility index (Phi) is 12.5. The summed E-state index contributed by atoms with van der Waals surface area (Å²) in [6.45, 7) is 3.27. The lowest BCUT2D eigenvalue weighted by Crippen LogP contribution is -2.60. The molecule has 1 aliphatic carbocycles. The number of halogens is 6. The van der Waals surface area contributed by atoms with Gasteiger partial charge in [-0.3, -0.25) is 33.8 Å². The average molecular weight is 893 g/mol. The number of carbonyl (C=O) groups is 3. The van der Waals surface area contributed by atoms with Crippen LogP contribution in [0.3, 0.4) is 0 Å². The maximum atomic E-state index is 14.5. The summed E-state index contributed by atoms with van der Waals surface area (Å²) in [6.07, 6.45) is -8.60. The van der Waals surface area contributed by atoms with Crippen molar-refractivity contribution in [1.82, 2.24) is 29.8 Å². The Morgan fingerprint density at radius 3 is 2.47 bits per heavy atom. The highest BCUT2D eigenvalue weighted by molar-refractivity contribution is 7.80. The number of amides is 3. The molecule has 4 fully saturated rings. The molecule has 7 rings (SSSR count). The van der Waals surface area contributed by atoms with E-state index in [1.165, 1.54) is 21.7 Å². The van der Waals surface area contributed by atoms with Gasteiger partial charge in [-0.2, -0.15) is 36.7 Å². The fraction of sp³-hybridized carbons (Fsp3) is 0.550. The van der Waals surface area contributed by atoms with Crippen LogP contribution in [0.1, 0.15) is 57.1 Å². The zero-order valence-corrected chi connectivity index (χ0v) is 34.9. The van der Waals surface area contributed by atoms with Crippen molar-refractivity contribution in [2.45, 2.75) is 88.4 Å². The monoisotopic (exact) mass is 892 g/mol. The Morgan fingerprint density at radius 1 is 1.08 bits per heavy atom. The molecule has 2 atom stereocenters. The Hall–Kier alpha value is -5.08. The molecule has 3 N–H and O–H groups in total. The molecule has 3 aromatic rings. The van der Waals surface area contributed by atoms with Crippen molar-refractivity contribution in [2.24, 2.45) is 7.05 Å². The van der Waals surface area contributed by atoms with Crippen molar-refractivity contribution in [2.75, 3.05) is 61.0 Å². The number of aliphatic hydroxyl groups is 1. The van der Waals surface area contributed by atoms with Gasteiger partial charge in [-0.1, -0.05) is 6.07 Å². The van der Waals surface area contributed by atoms with Crippen molar-refractivity contribution in [1.29, 1.82) is 5.26 Å². The molecule has 1 saturated carbocycles. The number of aliphatic hydroxyl groups excluding tert-OH is 1. The lowest BCUT2D eigenvalue weighted by molar-refractivity contribution is -0.197. The predicted molar refractivity (Wildman–Crippen MR) is 217 cm³/mol. The van der Waals surface area contributed by atoms with Crippen LogP contribution >= 0.6 is 12.2 Å². The molecule has 1 unspecified atom stereocenters. The number of benzene rings is 2. The standard InChI is InChI=1S/C40H46F6N10O5S/c1-38(2)35(59)55(25-8-7-23(20-47)28(19-25)39(41,42)43)37(62)56(38)24-9-11-26(12-10-24)61-18-17-52-15-16-53(30(21-52)40(44,45)46)22-32(58)48-29-6-4-5-27-33(29)51(3)50-34(27)54-14-13-31(57)49-36(54)60/h4-8,19,24,26,30,36,60H,9-18,21-22H2,1-3H3,(H,48,58)(H,49,57)/t24-,26-,30-,36?/m1/s1. The molecular formula is C40H46F6N10O5S. The summed E-state index contributed by atoms with van der Waals surface area (Å²) in [4.78, 5) is 45.8. The highest BCUT2D eigenvalue weighted by atomic mass is 32.1. The van der Waals surface area contributed by atoms with E-state index in [2.05, 4.69) is 15.7 Å². The van der Waals surface area contributed by atoms with Gasteiger partial charge in [0.2, 0.25) is 18.2 Å². The second-order valence-electron chi connectivity index (χ2n) is 16.4. The highest BCUT2D eigenvalue weighted by Gasteiger charge is 2.53. The van der Waals surface area contributed by atoms with Crippen LogP contribution in [0.25, 0.3) is 10.9 Å². The minimum Gasteiger partial charge on any atom is -0.377 e. The molecule has 22 heteroatoms. The first-order chi connectivity index (χ1) is 29.2. The summed E-state index contributed by atoms with van der Waals surface area (Å²) in [6, 6.07) is 7.45. The van der Waals surface area contributed by atoms with Gasteiger partial charge in [-0.15, -0.1) is 0 Å². The van der Waals surface area contributed by atoms with Gasteiger partial charge in [0.15, 0.2) is 10.9 Å². The Balaban J connectivity index is 0.909.